The van der Waals surface area contributed by atoms with E-state index in [1.807, 2.05) is 0 Å². The molecule has 0 radical (unpaired) electrons. The van der Waals surface area contributed by atoms with Crippen LogP contribution in [0.3, 0.4) is 0 Å². The Labute approximate surface area is 65.2 Å². The van der Waals surface area contributed by atoms with Crippen LogP contribution in [-0.2, 0) is 9.53 Å². The molecule has 0 saturated carbocycles. The molecule has 0 bridgehead atoms. The van der Waals surface area contributed by atoms with Gasteiger partial charge in [-0.25, -0.2) is 4.39 Å². The molecule has 0 aromatic rings. The molecule has 4 heteroatoms. The lowest BCUT2D eigenvalue weighted by Gasteiger charge is -2.03. The number of hydrogen-bond acceptors (Lipinski definition) is 3. The van der Waals surface area contributed by atoms with E-state index in [-0.39, 0.29) is 19.1 Å². The fourth-order valence-electron chi connectivity index (χ4n) is 0.516. The first-order valence-electron chi connectivity index (χ1n) is 3.29. The summed E-state index contributed by atoms with van der Waals surface area (Å²) in [7, 11) is 1.72. The molecule has 0 saturated heterocycles. The zero-order valence-corrected chi connectivity index (χ0v) is 6.63. The van der Waals surface area contributed by atoms with Crippen LogP contribution in [-0.4, -0.2) is 26.2 Å². The molecule has 0 aromatic heterocycles. The topological polar surface area (TPSA) is 38.3 Å². The van der Waals surface area contributed by atoms with Gasteiger partial charge in [-0.2, -0.15) is 0 Å². The monoisotopic (exact) mass is 161 g/mol. The van der Waals surface area contributed by atoms with Crippen LogP contribution in [0.25, 0.3) is 0 Å². The summed E-state index contributed by atoms with van der Waals surface area (Å²) in [6.45, 7) is 1.73. The number of nitrogens with one attached hydrogen (secondary N) is 1. The Morgan fingerprint density at radius 2 is 2.45 bits per heavy atom. The standard InChI is InChI=1S/C7H12FNO2/c1-6(9-2)3-7(8)4-11-5-10/h3,5-6,9H,4H2,1-2H3/b7-3-. The van der Waals surface area contributed by atoms with Crippen molar-refractivity contribution in [2.75, 3.05) is 13.7 Å². The number of hydrogen-bond donors (Lipinski definition) is 1. The number of rotatable bonds is 5. The number of carbonyl (C=O) groups excluding carboxylic acids is 1. The van der Waals surface area contributed by atoms with Crippen molar-refractivity contribution in [3.8, 4) is 0 Å². The fourth-order valence-corrected chi connectivity index (χ4v) is 0.516. The number of ether oxygens (including phenoxy) is 1. The van der Waals surface area contributed by atoms with E-state index in [1.54, 1.807) is 14.0 Å². The predicted molar refractivity (Wildman–Crippen MR) is 39.7 cm³/mol. The Kier molecular flexibility index (Phi) is 5.37. The fraction of sp³-hybridized carbons (Fsp3) is 0.571. The van der Waals surface area contributed by atoms with Gasteiger partial charge >= 0.3 is 0 Å². The van der Waals surface area contributed by atoms with Gasteiger partial charge in [-0.1, -0.05) is 0 Å². The average Bonchev–Trinajstić information content (AvgIpc) is 2.00. The minimum atomic E-state index is -0.445. The third-order valence-corrected chi connectivity index (χ3v) is 1.18. The Morgan fingerprint density at radius 3 is 2.91 bits per heavy atom. The second-order valence-electron chi connectivity index (χ2n) is 2.10. The highest BCUT2D eigenvalue weighted by Gasteiger charge is 1.97. The quantitative estimate of drug-likeness (QED) is 0.601. The summed E-state index contributed by atoms with van der Waals surface area (Å²) in [5.74, 6) is -0.445. The van der Waals surface area contributed by atoms with Crippen LogP contribution in [0.5, 0.6) is 0 Å². The van der Waals surface area contributed by atoms with Crippen molar-refractivity contribution in [1.29, 1.82) is 0 Å². The van der Waals surface area contributed by atoms with Crippen molar-refractivity contribution in [2.24, 2.45) is 0 Å². The molecule has 0 fully saturated rings. The molecule has 0 amide bonds. The largest absolute Gasteiger partial charge is 0.461 e. The highest BCUT2D eigenvalue weighted by Crippen LogP contribution is 1.98. The van der Waals surface area contributed by atoms with E-state index in [0.29, 0.717) is 0 Å². The first kappa shape index (κ1) is 10.1. The molecule has 64 valence electrons. The van der Waals surface area contributed by atoms with Crippen LogP contribution < -0.4 is 5.32 Å². The molecular formula is C7H12FNO2. The molecule has 0 rings (SSSR count). The maximum Gasteiger partial charge on any atom is 0.293 e. The SMILES string of the molecule is CNC(C)/C=C(\F)COC=O. The molecule has 0 aliphatic heterocycles. The lowest BCUT2D eigenvalue weighted by molar-refractivity contribution is -0.128. The van der Waals surface area contributed by atoms with Crippen LogP contribution in [0.1, 0.15) is 6.92 Å². The maximum atomic E-state index is 12.6. The van der Waals surface area contributed by atoms with Crippen LogP contribution in [0.4, 0.5) is 4.39 Å². The molecule has 0 spiro atoms. The highest BCUT2D eigenvalue weighted by molar-refractivity contribution is 5.37. The Bertz CT molecular complexity index is 147. The van der Waals surface area contributed by atoms with Crippen molar-refractivity contribution in [3.05, 3.63) is 11.9 Å². The zero-order chi connectivity index (χ0) is 8.69. The lowest BCUT2D eigenvalue weighted by atomic mass is 10.3. The van der Waals surface area contributed by atoms with Gasteiger partial charge in [0.05, 0.1) is 0 Å². The molecule has 3 nitrogen and oxygen atoms in total. The molecule has 0 aromatic carbocycles. The van der Waals surface area contributed by atoms with Gasteiger partial charge in [0.2, 0.25) is 0 Å². The van der Waals surface area contributed by atoms with Crippen LogP contribution in [0.15, 0.2) is 11.9 Å². The van der Waals surface area contributed by atoms with Gasteiger partial charge < -0.3 is 10.1 Å². The second-order valence-corrected chi connectivity index (χ2v) is 2.10. The van der Waals surface area contributed by atoms with Crippen LogP contribution in [0, 0.1) is 0 Å². The van der Waals surface area contributed by atoms with Crippen molar-refractivity contribution in [1.82, 2.24) is 5.32 Å². The van der Waals surface area contributed by atoms with E-state index in [2.05, 4.69) is 10.1 Å². The summed E-state index contributed by atoms with van der Waals surface area (Å²) in [6.07, 6.45) is 1.35. The summed E-state index contributed by atoms with van der Waals surface area (Å²) in [5, 5.41) is 2.81. The minimum absolute atomic E-state index is 0.0507. The van der Waals surface area contributed by atoms with Crippen molar-refractivity contribution in [2.45, 2.75) is 13.0 Å². The summed E-state index contributed by atoms with van der Waals surface area (Å²) in [4.78, 5) is 9.63. The zero-order valence-electron chi connectivity index (χ0n) is 6.63. The predicted octanol–water partition coefficient (Wildman–Crippen LogP) is 0.621. The van der Waals surface area contributed by atoms with Gasteiger partial charge in [-0.3, -0.25) is 4.79 Å². The molecule has 1 unspecified atom stereocenters. The molecule has 0 aliphatic rings. The third-order valence-electron chi connectivity index (χ3n) is 1.18. The Balaban J connectivity index is 3.69. The van der Waals surface area contributed by atoms with Gasteiger partial charge in [0.25, 0.3) is 6.47 Å². The molecule has 11 heavy (non-hydrogen) atoms. The van der Waals surface area contributed by atoms with Crippen molar-refractivity contribution < 1.29 is 13.9 Å². The molecule has 0 heterocycles. The van der Waals surface area contributed by atoms with E-state index >= 15 is 0 Å². The molecule has 0 aliphatic carbocycles. The summed E-state index contributed by atoms with van der Waals surface area (Å²) in [6, 6.07) is -0.0507. The average molecular weight is 161 g/mol. The molecule has 1 atom stereocenters. The molecular weight excluding hydrogens is 149 g/mol. The van der Waals surface area contributed by atoms with Gasteiger partial charge in [-0.05, 0) is 20.0 Å². The maximum absolute atomic E-state index is 12.6. The van der Waals surface area contributed by atoms with E-state index in [4.69, 9.17) is 0 Å². The van der Waals surface area contributed by atoms with E-state index in [0.717, 1.165) is 0 Å². The Morgan fingerprint density at radius 1 is 1.82 bits per heavy atom. The van der Waals surface area contributed by atoms with Crippen molar-refractivity contribution >= 4 is 6.47 Å². The Hall–Kier alpha value is -0.900. The van der Waals surface area contributed by atoms with Gasteiger partial charge in [0.1, 0.15) is 12.4 Å². The minimum Gasteiger partial charge on any atom is -0.461 e. The third kappa shape index (κ3) is 5.54. The second kappa shape index (κ2) is 5.85. The van der Waals surface area contributed by atoms with Gasteiger partial charge in [0, 0.05) is 6.04 Å². The first-order chi connectivity index (χ1) is 5.20. The summed E-state index contributed by atoms with van der Waals surface area (Å²) >= 11 is 0. The summed E-state index contributed by atoms with van der Waals surface area (Å²) < 4.78 is 16.8. The smallest absolute Gasteiger partial charge is 0.293 e. The van der Waals surface area contributed by atoms with E-state index in [1.165, 1.54) is 6.08 Å². The van der Waals surface area contributed by atoms with Gasteiger partial charge in [-0.15, -0.1) is 0 Å². The van der Waals surface area contributed by atoms with Gasteiger partial charge in [0.15, 0.2) is 0 Å². The molecule has 1 N–H and O–H groups in total. The number of carbonyl (C=O) groups is 1. The normalized spacial score (nSPS) is 14.3. The highest BCUT2D eigenvalue weighted by atomic mass is 19.1. The number of likely N-dealkylation sites (N-methyl/N-ethyl adjacent to an activating group) is 1. The van der Waals surface area contributed by atoms with E-state index < -0.39 is 5.83 Å². The van der Waals surface area contributed by atoms with Crippen LogP contribution >= 0.6 is 0 Å². The summed E-state index contributed by atoms with van der Waals surface area (Å²) in [5.41, 5.74) is 0. The number of halogens is 1. The van der Waals surface area contributed by atoms with E-state index in [9.17, 15) is 9.18 Å². The van der Waals surface area contributed by atoms with Crippen molar-refractivity contribution in [3.63, 3.8) is 0 Å². The lowest BCUT2D eigenvalue weighted by Crippen LogP contribution is -2.18. The van der Waals surface area contributed by atoms with Crippen LogP contribution in [0.2, 0.25) is 0 Å². The first-order valence-corrected chi connectivity index (χ1v) is 3.29.